The van der Waals surface area contributed by atoms with Crippen LogP contribution in [0.1, 0.15) is 5.56 Å². The Labute approximate surface area is 139 Å². The lowest BCUT2D eigenvalue weighted by atomic mass is 9.98. The summed E-state index contributed by atoms with van der Waals surface area (Å²) in [6, 6.07) is 12.3. The van der Waals surface area contributed by atoms with Crippen molar-refractivity contribution in [1.82, 2.24) is 4.98 Å². The van der Waals surface area contributed by atoms with Gasteiger partial charge in [-0.3, -0.25) is 4.79 Å². The molecule has 1 heterocycles. The molecule has 0 atom stereocenters. The maximum absolute atomic E-state index is 13.2. The summed E-state index contributed by atoms with van der Waals surface area (Å²) in [6.07, 6.45) is 1.73. The van der Waals surface area contributed by atoms with Gasteiger partial charge in [0.1, 0.15) is 18.2 Å². The van der Waals surface area contributed by atoms with E-state index in [0.717, 1.165) is 27.5 Å². The molecule has 4 nitrogen and oxygen atoms in total. The van der Waals surface area contributed by atoms with Crippen molar-refractivity contribution in [1.29, 1.82) is 0 Å². The van der Waals surface area contributed by atoms with Gasteiger partial charge in [0, 0.05) is 17.1 Å². The molecule has 24 heavy (non-hydrogen) atoms. The number of rotatable bonds is 4. The first-order chi connectivity index (χ1) is 11.6. The maximum Gasteiger partial charge on any atom is 0.325 e. The van der Waals surface area contributed by atoms with E-state index in [1.165, 1.54) is 19.2 Å². The van der Waals surface area contributed by atoms with Gasteiger partial charge in [0.15, 0.2) is 0 Å². The standard InChI is InChI=1S/C19H17FN2O2/c1-12-4-3-5-15-16(13-6-8-14(20)9-7-13)10-21-19(18(12)15)22-11-17(23)24-2/h3-10H,11H2,1-2H3,(H,21,22). The average Bonchev–Trinajstić information content (AvgIpc) is 2.60. The van der Waals surface area contributed by atoms with E-state index in [2.05, 4.69) is 15.0 Å². The molecule has 0 saturated carbocycles. The van der Waals surface area contributed by atoms with E-state index in [1.54, 1.807) is 18.3 Å². The Morgan fingerprint density at radius 2 is 1.96 bits per heavy atom. The third-order valence-corrected chi connectivity index (χ3v) is 3.91. The lowest BCUT2D eigenvalue weighted by Gasteiger charge is -2.13. The van der Waals surface area contributed by atoms with Crippen LogP contribution in [-0.4, -0.2) is 24.6 Å². The molecule has 0 radical (unpaired) electrons. The van der Waals surface area contributed by atoms with Gasteiger partial charge in [-0.05, 0) is 35.6 Å². The number of ether oxygens (including phenoxy) is 1. The molecule has 0 fully saturated rings. The number of nitrogens with zero attached hydrogens (tertiary/aromatic N) is 1. The van der Waals surface area contributed by atoms with Gasteiger partial charge in [-0.1, -0.05) is 30.3 Å². The fraction of sp³-hybridized carbons (Fsp3) is 0.158. The Kier molecular flexibility index (Phi) is 4.42. The van der Waals surface area contributed by atoms with Crippen molar-refractivity contribution < 1.29 is 13.9 Å². The molecule has 0 bridgehead atoms. The Morgan fingerprint density at radius 3 is 2.67 bits per heavy atom. The van der Waals surface area contributed by atoms with Crippen molar-refractivity contribution in [2.75, 3.05) is 19.0 Å². The highest BCUT2D eigenvalue weighted by Crippen LogP contribution is 2.33. The molecule has 0 aliphatic heterocycles. The molecule has 1 N–H and O–H groups in total. The molecule has 0 aliphatic rings. The van der Waals surface area contributed by atoms with Gasteiger partial charge >= 0.3 is 5.97 Å². The van der Waals surface area contributed by atoms with E-state index >= 15 is 0 Å². The molecule has 3 rings (SSSR count). The second-order valence-corrected chi connectivity index (χ2v) is 5.45. The topological polar surface area (TPSA) is 51.2 Å². The average molecular weight is 324 g/mol. The van der Waals surface area contributed by atoms with Crippen LogP contribution in [0.3, 0.4) is 0 Å². The summed E-state index contributed by atoms with van der Waals surface area (Å²) in [7, 11) is 1.35. The molecule has 1 aromatic heterocycles. The first kappa shape index (κ1) is 15.9. The van der Waals surface area contributed by atoms with Crippen LogP contribution in [0.5, 0.6) is 0 Å². The van der Waals surface area contributed by atoms with E-state index < -0.39 is 0 Å². The lowest BCUT2D eigenvalue weighted by Crippen LogP contribution is -2.16. The second-order valence-electron chi connectivity index (χ2n) is 5.45. The normalized spacial score (nSPS) is 10.6. The number of aromatic nitrogens is 1. The molecule has 0 spiro atoms. The molecule has 0 saturated heterocycles. The number of aryl methyl sites for hydroxylation is 1. The number of hydrogen-bond donors (Lipinski definition) is 1. The van der Waals surface area contributed by atoms with Crippen LogP contribution in [0.4, 0.5) is 10.2 Å². The predicted octanol–water partition coefficient (Wildman–Crippen LogP) is 3.93. The van der Waals surface area contributed by atoms with E-state index in [0.29, 0.717) is 5.82 Å². The zero-order chi connectivity index (χ0) is 17.1. The smallest absolute Gasteiger partial charge is 0.325 e. The monoisotopic (exact) mass is 324 g/mol. The summed E-state index contributed by atoms with van der Waals surface area (Å²) in [6.45, 7) is 2.03. The minimum absolute atomic E-state index is 0.0445. The van der Waals surface area contributed by atoms with Crippen LogP contribution in [0.25, 0.3) is 21.9 Å². The number of carbonyl (C=O) groups excluding carboxylic acids is 1. The summed E-state index contributed by atoms with van der Waals surface area (Å²) < 4.78 is 17.8. The largest absolute Gasteiger partial charge is 0.468 e. The molecular weight excluding hydrogens is 307 g/mol. The van der Waals surface area contributed by atoms with Crippen molar-refractivity contribution in [3.63, 3.8) is 0 Å². The van der Waals surface area contributed by atoms with Crippen molar-refractivity contribution in [3.8, 4) is 11.1 Å². The number of methoxy groups -OCH3 is 1. The van der Waals surface area contributed by atoms with E-state index in [4.69, 9.17) is 0 Å². The number of nitrogens with one attached hydrogen (secondary N) is 1. The molecular formula is C19H17FN2O2. The molecule has 2 aromatic carbocycles. The minimum Gasteiger partial charge on any atom is -0.468 e. The van der Waals surface area contributed by atoms with Gasteiger partial charge in [-0.25, -0.2) is 9.37 Å². The van der Waals surface area contributed by atoms with Crippen LogP contribution >= 0.6 is 0 Å². The van der Waals surface area contributed by atoms with Crippen molar-refractivity contribution in [3.05, 3.63) is 60.0 Å². The van der Waals surface area contributed by atoms with Gasteiger partial charge < -0.3 is 10.1 Å². The summed E-state index contributed by atoms with van der Waals surface area (Å²) in [5.41, 5.74) is 2.84. The van der Waals surface area contributed by atoms with Gasteiger partial charge in [0.25, 0.3) is 0 Å². The number of benzene rings is 2. The SMILES string of the molecule is COC(=O)CNc1ncc(-c2ccc(F)cc2)c2cccc(C)c12. The van der Waals surface area contributed by atoms with Crippen molar-refractivity contribution in [2.24, 2.45) is 0 Å². The molecule has 5 heteroatoms. The molecule has 0 aliphatic carbocycles. The van der Waals surface area contributed by atoms with E-state index in [-0.39, 0.29) is 18.3 Å². The van der Waals surface area contributed by atoms with Gasteiger partial charge in [-0.15, -0.1) is 0 Å². The number of pyridine rings is 1. The quantitative estimate of drug-likeness (QED) is 0.739. The number of carbonyl (C=O) groups is 1. The molecule has 0 unspecified atom stereocenters. The highest BCUT2D eigenvalue weighted by molar-refractivity contribution is 6.03. The first-order valence-electron chi connectivity index (χ1n) is 7.55. The Bertz CT molecular complexity index is 892. The molecule has 3 aromatic rings. The first-order valence-corrected chi connectivity index (χ1v) is 7.55. The summed E-state index contributed by atoms with van der Waals surface area (Å²) >= 11 is 0. The number of esters is 1. The minimum atomic E-state index is -0.360. The van der Waals surface area contributed by atoms with Crippen LogP contribution < -0.4 is 5.32 Å². The number of anilines is 1. The van der Waals surface area contributed by atoms with Crippen molar-refractivity contribution >= 4 is 22.6 Å². The fourth-order valence-electron chi connectivity index (χ4n) is 2.69. The lowest BCUT2D eigenvalue weighted by molar-refractivity contribution is -0.138. The predicted molar refractivity (Wildman–Crippen MR) is 92.4 cm³/mol. The Balaban J connectivity index is 2.12. The number of fused-ring (bicyclic) bond motifs is 1. The molecule has 122 valence electrons. The zero-order valence-electron chi connectivity index (χ0n) is 13.5. The van der Waals surface area contributed by atoms with Gasteiger partial charge in [-0.2, -0.15) is 0 Å². The second kappa shape index (κ2) is 6.66. The van der Waals surface area contributed by atoms with E-state index in [9.17, 15) is 9.18 Å². The zero-order valence-corrected chi connectivity index (χ0v) is 13.5. The highest BCUT2D eigenvalue weighted by Gasteiger charge is 2.12. The van der Waals surface area contributed by atoms with Crippen molar-refractivity contribution in [2.45, 2.75) is 6.92 Å². The third kappa shape index (κ3) is 3.06. The van der Waals surface area contributed by atoms with E-state index in [1.807, 2.05) is 25.1 Å². The fourth-order valence-corrected chi connectivity index (χ4v) is 2.69. The van der Waals surface area contributed by atoms with Crippen LogP contribution in [0, 0.1) is 12.7 Å². The van der Waals surface area contributed by atoms with Crippen LogP contribution in [-0.2, 0) is 9.53 Å². The Morgan fingerprint density at radius 1 is 1.21 bits per heavy atom. The number of halogens is 1. The third-order valence-electron chi connectivity index (χ3n) is 3.91. The summed E-state index contributed by atoms with van der Waals surface area (Å²) in [4.78, 5) is 15.8. The van der Waals surface area contributed by atoms with Gasteiger partial charge in [0.05, 0.1) is 7.11 Å². The van der Waals surface area contributed by atoms with Crippen LogP contribution in [0.15, 0.2) is 48.7 Å². The Hall–Kier alpha value is -2.95. The summed E-state index contributed by atoms with van der Waals surface area (Å²) in [5, 5.41) is 4.94. The number of hydrogen-bond acceptors (Lipinski definition) is 4. The highest BCUT2D eigenvalue weighted by atomic mass is 19.1. The summed E-state index contributed by atoms with van der Waals surface area (Å²) in [5.74, 6) is -0.0101. The maximum atomic E-state index is 13.2. The molecule has 0 amide bonds. The van der Waals surface area contributed by atoms with Gasteiger partial charge in [0.2, 0.25) is 0 Å². The van der Waals surface area contributed by atoms with Crippen LogP contribution in [0.2, 0.25) is 0 Å².